The Morgan fingerprint density at radius 3 is 2.53 bits per heavy atom. The zero-order chi connectivity index (χ0) is 12.7. The Morgan fingerprint density at radius 2 is 1.88 bits per heavy atom. The highest BCUT2D eigenvalue weighted by Crippen LogP contribution is 2.15. The summed E-state index contributed by atoms with van der Waals surface area (Å²) in [5.74, 6) is 0. The first-order valence-electron chi connectivity index (χ1n) is 6.12. The maximum absolute atomic E-state index is 6.08. The molecule has 0 amide bonds. The van der Waals surface area contributed by atoms with Crippen molar-refractivity contribution in [2.75, 3.05) is 6.54 Å². The highest BCUT2D eigenvalue weighted by Gasteiger charge is 2.06. The Labute approximate surface area is 110 Å². The predicted octanol–water partition coefficient (Wildman–Crippen LogP) is 4.22. The molecule has 17 heavy (non-hydrogen) atoms. The summed E-state index contributed by atoms with van der Waals surface area (Å²) in [7, 11) is 0. The van der Waals surface area contributed by atoms with Crippen LogP contribution in [0.4, 0.5) is 0 Å². The Morgan fingerprint density at radius 1 is 1.18 bits per heavy atom. The van der Waals surface area contributed by atoms with Crippen LogP contribution in [0.5, 0.6) is 0 Å². The van der Waals surface area contributed by atoms with Crippen molar-refractivity contribution in [2.45, 2.75) is 39.2 Å². The fourth-order valence-corrected chi connectivity index (χ4v) is 1.74. The smallest absolute Gasteiger partial charge is 0.0441 e. The summed E-state index contributed by atoms with van der Waals surface area (Å²) in [5, 5.41) is 4.31. The largest absolute Gasteiger partial charge is 0.312 e. The quantitative estimate of drug-likeness (QED) is 0.610. The molecule has 1 aromatic carbocycles. The lowest BCUT2D eigenvalue weighted by Gasteiger charge is -2.19. The van der Waals surface area contributed by atoms with Gasteiger partial charge in [0.25, 0.3) is 0 Å². The Bertz CT molecular complexity index is 363. The van der Waals surface area contributed by atoms with Gasteiger partial charge >= 0.3 is 0 Å². The van der Waals surface area contributed by atoms with Crippen LogP contribution in [-0.2, 0) is 6.42 Å². The molecule has 0 heterocycles. The van der Waals surface area contributed by atoms with Crippen molar-refractivity contribution in [1.82, 2.24) is 5.32 Å². The van der Waals surface area contributed by atoms with Crippen molar-refractivity contribution in [2.24, 2.45) is 0 Å². The van der Waals surface area contributed by atoms with E-state index in [4.69, 9.17) is 11.6 Å². The van der Waals surface area contributed by atoms with Crippen LogP contribution in [0.15, 0.2) is 36.4 Å². The molecule has 1 nitrogen and oxygen atoms in total. The third-order valence-corrected chi connectivity index (χ3v) is 2.80. The summed E-state index contributed by atoms with van der Waals surface area (Å²) in [6.45, 7) is 7.56. The van der Waals surface area contributed by atoms with Gasteiger partial charge in [0.15, 0.2) is 0 Å². The lowest BCUT2D eigenvalue weighted by molar-refractivity contribution is 0.431. The van der Waals surface area contributed by atoms with Crippen molar-refractivity contribution in [3.63, 3.8) is 0 Å². The standard InChI is InChI=1S/C15H22ClN/c1-15(2,3)17-12-8-4-5-9-13-10-6-7-11-14(13)16/h4-7,10-11,17H,8-9,12H2,1-3H3. The second-order valence-electron chi connectivity index (χ2n) is 5.23. The monoisotopic (exact) mass is 251 g/mol. The van der Waals surface area contributed by atoms with Crippen LogP contribution in [0.2, 0.25) is 5.02 Å². The average molecular weight is 252 g/mol. The molecular formula is C15H22ClN. The molecule has 0 aliphatic carbocycles. The molecule has 0 aliphatic heterocycles. The molecule has 94 valence electrons. The number of hydrogen-bond donors (Lipinski definition) is 1. The zero-order valence-electron chi connectivity index (χ0n) is 11.0. The van der Waals surface area contributed by atoms with E-state index in [0.29, 0.717) is 0 Å². The molecule has 0 unspecified atom stereocenters. The molecule has 0 aliphatic rings. The molecule has 1 rings (SSSR count). The van der Waals surface area contributed by atoms with E-state index in [9.17, 15) is 0 Å². The minimum atomic E-state index is 0.205. The Balaban J connectivity index is 2.25. The highest BCUT2D eigenvalue weighted by molar-refractivity contribution is 6.31. The molecule has 0 spiro atoms. The van der Waals surface area contributed by atoms with Gasteiger partial charge in [-0.25, -0.2) is 0 Å². The summed E-state index contributed by atoms with van der Waals surface area (Å²) >= 11 is 6.08. The minimum absolute atomic E-state index is 0.205. The normalized spacial score (nSPS) is 12.2. The summed E-state index contributed by atoms with van der Waals surface area (Å²) in [5.41, 5.74) is 1.39. The van der Waals surface area contributed by atoms with E-state index in [1.807, 2.05) is 18.2 Å². The first-order valence-corrected chi connectivity index (χ1v) is 6.50. The molecule has 0 aromatic heterocycles. The minimum Gasteiger partial charge on any atom is -0.312 e. The fraction of sp³-hybridized carbons (Fsp3) is 0.467. The van der Waals surface area contributed by atoms with Crippen LogP contribution in [0.25, 0.3) is 0 Å². The summed E-state index contributed by atoms with van der Waals surface area (Å²) in [6.07, 6.45) is 6.37. The van der Waals surface area contributed by atoms with Crippen molar-refractivity contribution in [3.8, 4) is 0 Å². The van der Waals surface area contributed by atoms with Crippen molar-refractivity contribution < 1.29 is 0 Å². The molecule has 2 heteroatoms. The van der Waals surface area contributed by atoms with Crippen LogP contribution in [0.3, 0.4) is 0 Å². The number of hydrogen-bond acceptors (Lipinski definition) is 1. The Kier molecular flexibility index (Phi) is 5.73. The molecule has 0 radical (unpaired) electrons. The van der Waals surface area contributed by atoms with Gasteiger partial charge in [0.2, 0.25) is 0 Å². The topological polar surface area (TPSA) is 12.0 Å². The van der Waals surface area contributed by atoms with Crippen LogP contribution < -0.4 is 5.32 Å². The number of halogens is 1. The highest BCUT2D eigenvalue weighted by atomic mass is 35.5. The second-order valence-corrected chi connectivity index (χ2v) is 5.64. The first-order chi connectivity index (χ1) is 7.99. The third kappa shape index (κ3) is 6.50. The second kappa shape index (κ2) is 6.83. The molecule has 0 atom stereocenters. The lowest BCUT2D eigenvalue weighted by atomic mass is 10.1. The van der Waals surface area contributed by atoms with Gasteiger partial charge < -0.3 is 5.32 Å². The van der Waals surface area contributed by atoms with E-state index in [0.717, 1.165) is 24.4 Å². The number of benzene rings is 1. The van der Waals surface area contributed by atoms with E-state index in [1.54, 1.807) is 0 Å². The third-order valence-electron chi connectivity index (χ3n) is 2.43. The van der Waals surface area contributed by atoms with Gasteiger partial charge in [-0.2, -0.15) is 0 Å². The predicted molar refractivity (Wildman–Crippen MR) is 76.7 cm³/mol. The van der Waals surface area contributed by atoms with Crippen LogP contribution >= 0.6 is 11.6 Å². The first kappa shape index (κ1) is 14.3. The zero-order valence-corrected chi connectivity index (χ0v) is 11.7. The number of nitrogens with one attached hydrogen (secondary N) is 1. The van der Waals surface area contributed by atoms with Gasteiger partial charge in [-0.15, -0.1) is 0 Å². The van der Waals surface area contributed by atoms with Crippen molar-refractivity contribution in [3.05, 3.63) is 47.0 Å². The van der Waals surface area contributed by atoms with E-state index in [2.05, 4.69) is 44.3 Å². The van der Waals surface area contributed by atoms with Crippen molar-refractivity contribution >= 4 is 11.6 Å². The molecule has 0 saturated heterocycles. The van der Waals surface area contributed by atoms with Crippen LogP contribution in [0.1, 0.15) is 32.8 Å². The number of allylic oxidation sites excluding steroid dienone is 1. The maximum atomic E-state index is 6.08. The SMILES string of the molecule is CC(C)(C)NCCC=CCc1ccccc1Cl. The molecule has 0 bridgehead atoms. The molecule has 0 saturated carbocycles. The lowest BCUT2D eigenvalue weighted by Crippen LogP contribution is -2.36. The van der Waals surface area contributed by atoms with Gasteiger partial charge in [-0.3, -0.25) is 0 Å². The van der Waals surface area contributed by atoms with Gasteiger partial charge in [-0.1, -0.05) is 42.0 Å². The summed E-state index contributed by atoms with van der Waals surface area (Å²) in [4.78, 5) is 0. The van der Waals surface area contributed by atoms with Crippen molar-refractivity contribution in [1.29, 1.82) is 0 Å². The van der Waals surface area contributed by atoms with Gasteiger partial charge in [0.05, 0.1) is 0 Å². The van der Waals surface area contributed by atoms with E-state index in [1.165, 1.54) is 5.56 Å². The molecule has 0 fully saturated rings. The van der Waals surface area contributed by atoms with Gasteiger partial charge in [-0.05, 0) is 51.8 Å². The van der Waals surface area contributed by atoms with E-state index in [-0.39, 0.29) is 5.54 Å². The molecular weight excluding hydrogens is 230 g/mol. The van der Waals surface area contributed by atoms with Gasteiger partial charge in [0, 0.05) is 10.6 Å². The van der Waals surface area contributed by atoms with E-state index >= 15 is 0 Å². The number of rotatable bonds is 5. The van der Waals surface area contributed by atoms with Gasteiger partial charge in [0.1, 0.15) is 0 Å². The molecule has 1 aromatic rings. The Hall–Kier alpha value is -0.790. The van der Waals surface area contributed by atoms with Crippen LogP contribution in [0, 0.1) is 0 Å². The summed E-state index contributed by atoms with van der Waals surface area (Å²) in [6, 6.07) is 7.99. The molecule has 1 N–H and O–H groups in total. The fourth-order valence-electron chi connectivity index (χ4n) is 1.52. The van der Waals surface area contributed by atoms with E-state index < -0.39 is 0 Å². The average Bonchev–Trinajstić information content (AvgIpc) is 2.24. The summed E-state index contributed by atoms with van der Waals surface area (Å²) < 4.78 is 0. The van der Waals surface area contributed by atoms with Crippen LogP contribution in [-0.4, -0.2) is 12.1 Å². The maximum Gasteiger partial charge on any atom is 0.0441 e.